The van der Waals surface area contributed by atoms with Crippen LogP contribution in [0.25, 0.3) is 0 Å². The number of nitrogens with zero attached hydrogens (tertiary/aromatic N) is 1. The number of aromatic nitrogens is 1. The molecule has 4 heteroatoms. The predicted molar refractivity (Wildman–Crippen MR) is 55.8 cm³/mol. The predicted octanol–water partition coefficient (Wildman–Crippen LogP) is 2.33. The SMILES string of the molecule is CC(CCCl)NCc1cncc(F)c1. The number of hydrogen-bond donors (Lipinski definition) is 1. The molecule has 1 unspecified atom stereocenters. The van der Waals surface area contributed by atoms with Gasteiger partial charge in [0.15, 0.2) is 0 Å². The lowest BCUT2D eigenvalue weighted by atomic mass is 10.2. The largest absolute Gasteiger partial charge is 0.310 e. The fourth-order valence-corrected chi connectivity index (χ4v) is 1.44. The normalized spacial score (nSPS) is 12.8. The van der Waals surface area contributed by atoms with Crippen LogP contribution in [0.3, 0.4) is 0 Å². The van der Waals surface area contributed by atoms with E-state index < -0.39 is 0 Å². The Balaban J connectivity index is 2.37. The second-order valence-corrected chi connectivity index (χ2v) is 3.65. The molecule has 0 aliphatic carbocycles. The van der Waals surface area contributed by atoms with Crippen LogP contribution in [-0.4, -0.2) is 16.9 Å². The van der Waals surface area contributed by atoms with Crippen LogP contribution in [0.2, 0.25) is 0 Å². The first-order valence-corrected chi connectivity index (χ1v) is 5.14. The molecule has 14 heavy (non-hydrogen) atoms. The average molecular weight is 217 g/mol. The molecule has 0 spiro atoms. The lowest BCUT2D eigenvalue weighted by Gasteiger charge is -2.11. The summed E-state index contributed by atoms with van der Waals surface area (Å²) in [6, 6.07) is 1.82. The van der Waals surface area contributed by atoms with Crippen molar-refractivity contribution in [3.8, 4) is 0 Å². The molecule has 1 aromatic heterocycles. The molecule has 0 aliphatic rings. The number of halogens is 2. The number of alkyl halides is 1. The van der Waals surface area contributed by atoms with E-state index in [9.17, 15) is 4.39 Å². The Morgan fingerprint density at radius 3 is 3.00 bits per heavy atom. The van der Waals surface area contributed by atoms with Crippen LogP contribution in [0, 0.1) is 5.82 Å². The molecule has 0 fully saturated rings. The first-order valence-electron chi connectivity index (χ1n) is 4.61. The molecule has 1 atom stereocenters. The van der Waals surface area contributed by atoms with Crippen molar-refractivity contribution >= 4 is 11.6 Å². The third kappa shape index (κ3) is 4.03. The van der Waals surface area contributed by atoms with E-state index in [1.165, 1.54) is 12.3 Å². The smallest absolute Gasteiger partial charge is 0.141 e. The van der Waals surface area contributed by atoms with Crippen LogP contribution >= 0.6 is 11.6 Å². The summed E-state index contributed by atoms with van der Waals surface area (Å²) >= 11 is 5.59. The van der Waals surface area contributed by atoms with E-state index in [0.29, 0.717) is 18.5 Å². The Hall–Kier alpha value is -0.670. The van der Waals surface area contributed by atoms with E-state index in [1.807, 2.05) is 0 Å². The standard InChI is InChI=1S/C10H14ClFN2/c1-8(2-3-11)14-6-9-4-10(12)7-13-5-9/h4-5,7-8,14H,2-3,6H2,1H3. The first kappa shape index (κ1) is 11.4. The van der Waals surface area contributed by atoms with Crippen molar-refractivity contribution in [2.75, 3.05) is 5.88 Å². The van der Waals surface area contributed by atoms with Crippen molar-refractivity contribution in [3.05, 3.63) is 29.8 Å². The molecule has 1 aromatic rings. The van der Waals surface area contributed by atoms with Gasteiger partial charge in [-0.15, -0.1) is 11.6 Å². The Bertz CT molecular complexity index is 281. The molecule has 0 amide bonds. The maximum absolute atomic E-state index is 12.7. The van der Waals surface area contributed by atoms with Crippen molar-refractivity contribution < 1.29 is 4.39 Å². The van der Waals surface area contributed by atoms with E-state index in [1.54, 1.807) is 6.20 Å². The number of nitrogens with one attached hydrogen (secondary N) is 1. The molecule has 1 rings (SSSR count). The van der Waals surface area contributed by atoms with Gasteiger partial charge in [-0.3, -0.25) is 4.98 Å². The molecule has 0 saturated heterocycles. The number of rotatable bonds is 5. The Kier molecular flexibility index (Phi) is 4.84. The van der Waals surface area contributed by atoms with Crippen molar-refractivity contribution in [2.24, 2.45) is 0 Å². The minimum absolute atomic E-state index is 0.297. The van der Waals surface area contributed by atoms with Crippen molar-refractivity contribution in [1.29, 1.82) is 0 Å². The van der Waals surface area contributed by atoms with Gasteiger partial charge >= 0.3 is 0 Å². The maximum atomic E-state index is 12.7. The maximum Gasteiger partial charge on any atom is 0.141 e. The van der Waals surface area contributed by atoms with Crippen LogP contribution in [0.4, 0.5) is 4.39 Å². The van der Waals surface area contributed by atoms with Crippen LogP contribution in [0.1, 0.15) is 18.9 Å². The highest BCUT2D eigenvalue weighted by atomic mass is 35.5. The van der Waals surface area contributed by atoms with Gasteiger partial charge in [0, 0.05) is 24.7 Å². The van der Waals surface area contributed by atoms with Crippen LogP contribution in [0.15, 0.2) is 18.5 Å². The molecular formula is C10H14ClFN2. The summed E-state index contributed by atoms with van der Waals surface area (Å²) in [5.41, 5.74) is 0.853. The van der Waals surface area contributed by atoms with E-state index >= 15 is 0 Å². The van der Waals surface area contributed by atoms with Gasteiger partial charge in [-0.2, -0.15) is 0 Å². The topological polar surface area (TPSA) is 24.9 Å². The zero-order valence-electron chi connectivity index (χ0n) is 8.13. The average Bonchev–Trinajstić information content (AvgIpc) is 2.15. The van der Waals surface area contributed by atoms with Crippen molar-refractivity contribution in [2.45, 2.75) is 25.9 Å². The van der Waals surface area contributed by atoms with Crippen molar-refractivity contribution in [1.82, 2.24) is 10.3 Å². The van der Waals surface area contributed by atoms with E-state index in [4.69, 9.17) is 11.6 Å². The third-order valence-electron chi connectivity index (χ3n) is 1.96. The fourth-order valence-electron chi connectivity index (χ4n) is 1.11. The quantitative estimate of drug-likeness (QED) is 0.765. The fraction of sp³-hybridized carbons (Fsp3) is 0.500. The highest BCUT2D eigenvalue weighted by molar-refractivity contribution is 6.17. The lowest BCUT2D eigenvalue weighted by Crippen LogP contribution is -2.25. The van der Waals surface area contributed by atoms with Gasteiger partial charge in [0.2, 0.25) is 0 Å². The lowest BCUT2D eigenvalue weighted by molar-refractivity contribution is 0.532. The minimum atomic E-state index is -0.297. The molecular weight excluding hydrogens is 203 g/mol. The summed E-state index contributed by atoms with van der Waals surface area (Å²) < 4.78 is 12.7. The zero-order valence-corrected chi connectivity index (χ0v) is 8.89. The Morgan fingerprint density at radius 1 is 1.57 bits per heavy atom. The first-order chi connectivity index (χ1) is 6.72. The van der Waals surface area contributed by atoms with Crippen LogP contribution in [0.5, 0.6) is 0 Å². The summed E-state index contributed by atoms with van der Waals surface area (Å²) in [6.45, 7) is 2.68. The summed E-state index contributed by atoms with van der Waals surface area (Å²) in [5, 5.41) is 3.24. The minimum Gasteiger partial charge on any atom is -0.310 e. The number of pyridine rings is 1. The summed E-state index contributed by atoms with van der Waals surface area (Å²) in [6.07, 6.45) is 3.76. The van der Waals surface area contributed by atoms with Gasteiger partial charge in [0.05, 0.1) is 6.20 Å². The molecule has 1 N–H and O–H groups in total. The molecule has 0 radical (unpaired) electrons. The summed E-state index contributed by atoms with van der Waals surface area (Å²) in [4.78, 5) is 3.77. The van der Waals surface area contributed by atoms with Gasteiger partial charge in [-0.1, -0.05) is 0 Å². The van der Waals surface area contributed by atoms with E-state index in [2.05, 4.69) is 17.2 Å². The highest BCUT2D eigenvalue weighted by Gasteiger charge is 2.01. The Labute approximate surface area is 88.5 Å². The highest BCUT2D eigenvalue weighted by Crippen LogP contribution is 2.01. The molecule has 0 saturated carbocycles. The molecule has 0 aromatic carbocycles. The summed E-state index contributed by atoms with van der Waals surface area (Å²) in [7, 11) is 0. The van der Waals surface area contributed by atoms with E-state index in [0.717, 1.165) is 12.0 Å². The summed E-state index contributed by atoms with van der Waals surface area (Å²) in [5.74, 6) is 0.338. The van der Waals surface area contributed by atoms with Crippen LogP contribution in [-0.2, 0) is 6.54 Å². The third-order valence-corrected chi connectivity index (χ3v) is 2.18. The van der Waals surface area contributed by atoms with Crippen LogP contribution < -0.4 is 5.32 Å². The van der Waals surface area contributed by atoms with Gasteiger partial charge in [-0.25, -0.2) is 4.39 Å². The molecule has 0 aliphatic heterocycles. The van der Waals surface area contributed by atoms with Gasteiger partial charge in [0.1, 0.15) is 5.82 Å². The molecule has 0 bridgehead atoms. The number of hydrogen-bond acceptors (Lipinski definition) is 2. The van der Waals surface area contributed by atoms with Gasteiger partial charge < -0.3 is 5.32 Å². The molecule has 78 valence electrons. The zero-order chi connectivity index (χ0) is 10.4. The molecule has 2 nitrogen and oxygen atoms in total. The second kappa shape index (κ2) is 5.94. The monoisotopic (exact) mass is 216 g/mol. The van der Waals surface area contributed by atoms with Gasteiger partial charge in [0.25, 0.3) is 0 Å². The molecule has 1 heterocycles. The van der Waals surface area contributed by atoms with E-state index in [-0.39, 0.29) is 5.82 Å². The van der Waals surface area contributed by atoms with Gasteiger partial charge in [-0.05, 0) is 25.0 Å². The second-order valence-electron chi connectivity index (χ2n) is 3.27. The Morgan fingerprint density at radius 2 is 2.36 bits per heavy atom. The van der Waals surface area contributed by atoms with Crippen molar-refractivity contribution in [3.63, 3.8) is 0 Å².